The zero-order chi connectivity index (χ0) is 9.68. The summed E-state index contributed by atoms with van der Waals surface area (Å²) in [4.78, 5) is 11.7. The molecule has 0 saturated carbocycles. The fourth-order valence-electron chi connectivity index (χ4n) is 1.36. The van der Waals surface area contributed by atoms with Gasteiger partial charge in [-0.2, -0.15) is 0 Å². The van der Waals surface area contributed by atoms with E-state index in [0.717, 1.165) is 19.3 Å². The highest BCUT2D eigenvalue weighted by atomic mass is 79.9. The van der Waals surface area contributed by atoms with E-state index in [9.17, 15) is 4.79 Å². The molecule has 13 heavy (non-hydrogen) atoms. The summed E-state index contributed by atoms with van der Waals surface area (Å²) in [6.07, 6.45) is 11.0. The Morgan fingerprint density at radius 2 is 2.08 bits per heavy atom. The predicted octanol–water partition coefficient (Wildman–Crippen LogP) is 3.25. The molecule has 1 aliphatic rings. The van der Waals surface area contributed by atoms with Gasteiger partial charge in [0.15, 0.2) is 5.78 Å². The highest BCUT2D eigenvalue weighted by Crippen LogP contribution is 2.19. The van der Waals surface area contributed by atoms with Gasteiger partial charge in [-0.15, -0.1) is 0 Å². The first kappa shape index (κ1) is 10.7. The van der Waals surface area contributed by atoms with Crippen LogP contribution in [-0.4, -0.2) is 10.6 Å². The molecule has 0 fully saturated rings. The summed E-state index contributed by atoms with van der Waals surface area (Å²) in [6, 6.07) is 0. The van der Waals surface area contributed by atoms with E-state index in [0.29, 0.717) is 5.78 Å². The number of carbonyl (C=O) groups excluding carboxylic acids is 1. The van der Waals surface area contributed by atoms with Crippen LogP contribution in [-0.2, 0) is 4.79 Å². The Kier molecular flexibility index (Phi) is 4.43. The van der Waals surface area contributed by atoms with E-state index in [1.807, 2.05) is 24.3 Å². The quantitative estimate of drug-likeness (QED) is 0.677. The number of ketones is 1. The predicted molar refractivity (Wildman–Crippen MR) is 59.0 cm³/mol. The molecule has 0 aromatic carbocycles. The van der Waals surface area contributed by atoms with Crippen LogP contribution >= 0.6 is 15.9 Å². The summed E-state index contributed by atoms with van der Waals surface area (Å²) < 4.78 is 0. The largest absolute Gasteiger partial charge is 0.297 e. The standard InChI is InChI=1S/C11H15BrO/c1-2-3-8-10(12)11(13)9-6-4-5-7-9/h4-7,9-10H,2-3,8H2,1H3. The van der Waals surface area contributed by atoms with Crippen molar-refractivity contribution in [1.82, 2.24) is 0 Å². The maximum Gasteiger partial charge on any atom is 0.157 e. The third-order valence-corrected chi connectivity index (χ3v) is 3.11. The van der Waals surface area contributed by atoms with E-state index in [1.165, 1.54) is 0 Å². The van der Waals surface area contributed by atoms with Crippen molar-refractivity contribution in [3.63, 3.8) is 0 Å². The number of hydrogen-bond donors (Lipinski definition) is 0. The molecule has 1 nitrogen and oxygen atoms in total. The SMILES string of the molecule is CCCCC(Br)C(=O)C1C=CC=C1. The van der Waals surface area contributed by atoms with Crippen molar-refractivity contribution in [1.29, 1.82) is 0 Å². The van der Waals surface area contributed by atoms with E-state index in [1.54, 1.807) is 0 Å². The van der Waals surface area contributed by atoms with Gasteiger partial charge in [0.05, 0.1) is 10.7 Å². The molecule has 72 valence electrons. The topological polar surface area (TPSA) is 17.1 Å². The van der Waals surface area contributed by atoms with Crippen LogP contribution in [0.5, 0.6) is 0 Å². The number of rotatable bonds is 5. The molecule has 2 heteroatoms. The number of allylic oxidation sites excluding steroid dienone is 4. The Labute approximate surface area is 88.0 Å². The van der Waals surface area contributed by atoms with Gasteiger partial charge in [-0.1, -0.05) is 60.0 Å². The number of Topliss-reactive ketones (excluding diaryl/α,β-unsaturated/α-hetero) is 1. The average molecular weight is 243 g/mol. The summed E-state index contributed by atoms with van der Waals surface area (Å²) in [5, 5.41) is 0. The maximum atomic E-state index is 11.7. The first-order chi connectivity index (χ1) is 6.25. The Bertz CT molecular complexity index is 218. The van der Waals surface area contributed by atoms with Crippen LogP contribution in [0.4, 0.5) is 0 Å². The van der Waals surface area contributed by atoms with E-state index in [4.69, 9.17) is 0 Å². The van der Waals surface area contributed by atoms with Crippen LogP contribution in [0, 0.1) is 5.92 Å². The molecule has 0 spiro atoms. The molecule has 0 N–H and O–H groups in total. The summed E-state index contributed by atoms with van der Waals surface area (Å²) >= 11 is 3.44. The van der Waals surface area contributed by atoms with Gasteiger partial charge >= 0.3 is 0 Å². The number of carbonyl (C=O) groups is 1. The van der Waals surface area contributed by atoms with Crippen LogP contribution in [0.3, 0.4) is 0 Å². The molecule has 0 amide bonds. The molecular weight excluding hydrogens is 228 g/mol. The van der Waals surface area contributed by atoms with Gasteiger partial charge in [-0.25, -0.2) is 0 Å². The molecule has 0 bridgehead atoms. The molecule has 0 radical (unpaired) electrons. The molecule has 0 aliphatic heterocycles. The molecule has 0 aromatic heterocycles. The Morgan fingerprint density at radius 1 is 1.46 bits per heavy atom. The molecule has 1 aliphatic carbocycles. The van der Waals surface area contributed by atoms with Gasteiger partial charge in [0.25, 0.3) is 0 Å². The number of alkyl halides is 1. The Balaban J connectivity index is 2.37. The second-order valence-electron chi connectivity index (χ2n) is 3.31. The van der Waals surface area contributed by atoms with E-state index < -0.39 is 0 Å². The minimum atomic E-state index is 0.0150. The average Bonchev–Trinajstić information content (AvgIpc) is 2.65. The van der Waals surface area contributed by atoms with Gasteiger partial charge in [-0.05, 0) is 6.42 Å². The Morgan fingerprint density at radius 3 is 2.62 bits per heavy atom. The van der Waals surface area contributed by atoms with Crippen LogP contribution in [0.15, 0.2) is 24.3 Å². The van der Waals surface area contributed by atoms with Crippen molar-refractivity contribution in [2.75, 3.05) is 0 Å². The molecular formula is C11H15BrO. The minimum Gasteiger partial charge on any atom is -0.297 e. The van der Waals surface area contributed by atoms with Crippen LogP contribution in [0.25, 0.3) is 0 Å². The summed E-state index contributed by atoms with van der Waals surface area (Å²) in [6.45, 7) is 2.14. The fourth-order valence-corrected chi connectivity index (χ4v) is 1.98. The Hall–Kier alpha value is -0.370. The maximum absolute atomic E-state index is 11.7. The molecule has 0 saturated heterocycles. The van der Waals surface area contributed by atoms with Crippen molar-refractivity contribution in [2.24, 2.45) is 5.92 Å². The lowest BCUT2D eigenvalue weighted by molar-refractivity contribution is -0.119. The second-order valence-corrected chi connectivity index (χ2v) is 4.41. The minimum absolute atomic E-state index is 0.0150. The lowest BCUT2D eigenvalue weighted by Crippen LogP contribution is -2.20. The second kappa shape index (κ2) is 5.38. The van der Waals surface area contributed by atoms with E-state index in [-0.39, 0.29) is 10.7 Å². The normalized spacial score (nSPS) is 18.0. The van der Waals surface area contributed by atoms with Gasteiger partial charge in [-0.3, -0.25) is 4.79 Å². The van der Waals surface area contributed by atoms with Crippen molar-refractivity contribution in [2.45, 2.75) is 31.0 Å². The number of hydrogen-bond acceptors (Lipinski definition) is 1. The van der Waals surface area contributed by atoms with Crippen LogP contribution in [0.2, 0.25) is 0 Å². The fraction of sp³-hybridized carbons (Fsp3) is 0.545. The lowest BCUT2D eigenvalue weighted by atomic mass is 10.0. The summed E-state index contributed by atoms with van der Waals surface area (Å²) in [5.41, 5.74) is 0. The van der Waals surface area contributed by atoms with Crippen molar-refractivity contribution in [3.8, 4) is 0 Å². The molecule has 1 rings (SSSR count). The smallest absolute Gasteiger partial charge is 0.157 e. The molecule has 1 unspecified atom stereocenters. The van der Waals surface area contributed by atoms with Crippen LogP contribution < -0.4 is 0 Å². The number of halogens is 1. The highest BCUT2D eigenvalue weighted by molar-refractivity contribution is 9.10. The monoisotopic (exact) mass is 242 g/mol. The third-order valence-electron chi connectivity index (χ3n) is 2.20. The van der Waals surface area contributed by atoms with Gasteiger partial charge in [0, 0.05) is 0 Å². The van der Waals surface area contributed by atoms with Crippen LogP contribution in [0.1, 0.15) is 26.2 Å². The summed E-state index contributed by atoms with van der Waals surface area (Å²) in [7, 11) is 0. The summed E-state index contributed by atoms with van der Waals surface area (Å²) in [5.74, 6) is 0.305. The van der Waals surface area contributed by atoms with Crippen molar-refractivity contribution < 1.29 is 4.79 Å². The zero-order valence-electron chi connectivity index (χ0n) is 7.87. The highest BCUT2D eigenvalue weighted by Gasteiger charge is 2.21. The van der Waals surface area contributed by atoms with Gasteiger partial charge < -0.3 is 0 Å². The van der Waals surface area contributed by atoms with E-state index in [2.05, 4.69) is 22.9 Å². The lowest BCUT2D eigenvalue weighted by Gasteiger charge is -2.10. The van der Waals surface area contributed by atoms with Gasteiger partial charge in [0.2, 0.25) is 0 Å². The zero-order valence-corrected chi connectivity index (χ0v) is 9.46. The molecule has 1 atom stereocenters. The van der Waals surface area contributed by atoms with Crippen molar-refractivity contribution >= 4 is 21.7 Å². The van der Waals surface area contributed by atoms with Gasteiger partial charge in [0.1, 0.15) is 0 Å². The molecule has 0 heterocycles. The number of unbranched alkanes of at least 4 members (excludes halogenated alkanes) is 1. The first-order valence-corrected chi connectivity index (χ1v) is 5.70. The third kappa shape index (κ3) is 3.11. The van der Waals surface area contributed by atoms with Crippen molar-refractivity contribution in [3.05, 3.63) is 24.3 Å². The first-order valence-electron chi connectivity index (χ1n) is 4.78. The molecule has 0 aromatic rings. The van der Waals surface area contributed by atoms with E-state index >= 15 is 0 Å².